The molecular weight excluding hydrogens is 256 g/mol. The monoisotopic (exact) mass is 280 g/mol. The molecular formula is C15H24N2OS. The topological polar surface area (TPSA) is 55.1 Å². The van der Waals surface area contributed by atoms with Gasteiger partial charge in [-0.15, -0.1) is 11.3 Å². The molecule has 2 rings (SSSR count). The van der Waals surface area contributed by atoms with Gasteiger partial charge in [-0.25, -0.2) is 0 Å². The Hall–Kier alpha value is -0.870. The molecule has 1 amide bonds. The molecule has 4 heteroatoms. The summed E-state index contributed by atoms with van der Waals surface area (Å²) >= 11 is 1.80. The summed E-state index contributed by atoms with van der Waals surface area (Å²) in [6.07, 6.45) is 5.67. The number of hydrogen-bond acceptors (Lipinski definition) is 3. The Labute approximate surface area is 119 Å². The predicted molar refractivity (Wildman–Crippen MR) is 80.4 cm³/mol. The molecule has 3 N–H and O–H groups in total. The molecule has 1 heterocycles. The van der Waals surface area contributed by atoms with Crippen LogP contribution >= 0.6 is 11.3 Å². The molecule has 1 fully saturated rings. The first-order chi connectivity index (χ1) is 8.97. The summed E-state index contributed by atoms with van der Waals surface area (Å²) in [7, 11) is 0. The summed E-state index contributed by atoms with van der Waals surface area (Å²) in [4.78, 5) is 14.7. The molecule has 0 radical (unpaired) electrons. The number of hydrogen-bond donors (Lipinski definition) is 2. The van der Waals surface area contributed by atoms with E-state index in [1.54, 1.807) is 11.3 Å². The van der Waals surface area contributed by atoms with Gasteiger partial charge in [0.05, 0.1) is 0 Å². The molecule has 1 aromatic heterocycles. The highest BCUT2D eigenvalue weighted by Crippen LogP contribution is 2.29. The number of amides is 1. The normalized spacial score (nSPS) is 19.3. The maximum Gasteiger partial charge on any atom is 0.222 e. The van der Waals surface area contributed by atoms with Crippen LogP contribution < -0.4 is 11.1 Å². The van der Waals surface area contributed by atoms with Gasteiger partial charge in [0.2, 0.25) is 5.91 Å². The van der Waals surface area contributed by atoms with Gasteiger partial charge in [-0.2, -0.15) is 0 Å². The average Bonchev–Trinajstić information content (AvgIpc) is 2.87. The van der Waals surface area contributed by atoms with E-state index in [1.807, 2.05) is 0 Å². The minimum Gasteiger partial charge on any atom is -0.353 e. The van der Waals surface area contributed by atoms with Gasteiger partial charge in [0, 0.05) is 34.2 Å². The highest BCUT2D eigenvalue weighted by atomic mass is 32.1. The first-order valence-corrected chi connectivity index (χ1v) is 7.92. The Kier molecular flexibility index (Phi) is 4.63. The van der Waals surface area contributed by atoms with E-state index >= 15 is 0 Å². The summed E-state index contributed by atoms with van der Waals surface area (Å²) < 4.78 is 0. The zero-order valence-corrected chi connectivity index (χ0v) is 12.7. The van der Waals surface area contributed by atoms with Crippen LogP contribution in [0.15, 0.2) is 12.1 Å². The van der Waals surface area contributed by atoms with Gasteiger partial charge in [0.1, 0.15) is 0 Å². The van der Waals surface area contributed by atoms with Crippen LogP contribution in [-0.4, -0.2) is 17.5 Å². The number of thiophene rings is 1. The highest BCUT2D eigenvalue weighted by Gasteiger charge is 2.31. The van der Waals surface area contributed by atoms with E-state index in [-0.39, 0.29) is 17.5 Å². The Morgan fingerprint density at radius 1 is 1.47 bits per heavy atom. The number of nitrogens with one attached hydrogen (secondary N) is 1. The number of aryl methyl sites for hydroxylation is 1. The summed E-state index contributed by atoms with van der Waals surface area (Å²) in [5, 5.41) is 3.08. The van der Waals surface area contributed by atoms with E-state index in [4.69, 9.17) is 5.73 Å². The Morgan fingerprint density at radius 3 is 2.74 bits per heavy atom. The fourth-order valence-electron chi connectivity index (χ4n) is 2.85. The number of rotatable bonds is 5. The third-order valence-electron chi connectivity index (χ3n) is 3.82. The van der Waals surface area contributed by atoms with E-state index in [1.165, 1.54) is 9.75 Å². The van der Waals surface area contributed by atoms with E-state index < -0.39 is 0 Å². The van der Waals surface area contributed by atoms with Crippen LogP contribution in [0.25, 0.3) is 0 Å². The Bertz CT molecular complexity index is 435. The highest BCUT2D eigenvalue weighted by molar-refractivity contribution is 7.11. The molecule has 1 unspecified atom stereocenters. The summed E-state index contributed by atoms with van der Waals surface area (Å²) in [5.41, 5.74) is 5.99. The van der Waals surface area contributed by atoms with E-state index in [0.29, 0.717) is 6.42 Å². The van der Waals surface area contributed by atoms with Gasteiger partial charge >= 0.3 is 0 Å². The Morgan fingerprint density at radius 2 is 2.16 bits per heavy atom. The van der Waals surface area contributed by atoms with Gasteiger partial charge < -0.3 is 11.1 Å². The molecule has 1 aromatic rings. The SMILES string of the molecule is Cc1ccc(CC(C)NC(=O)CC2(N)CCCC2)s1. The smallest absolute Gasteiger partial charge is 0.222 e. The molecule has 3 nitrogen and oxygen atoms in total. The third kappa shape index (κ3) is 4.32. The largest absolute Gasteiger partial charge is 0.353 e. The number of carbonyl (C=O) groups excluding carboxylic acids is 1. The second kappa shape index (κ2) is 6.06. The van der Waals surface area contributed by atoms with Crippen molar-refractivity contribution in [2.45, 2.75) is 64.0 Å². The molecule has 0 spiro atoms. The summed E-state index contributed by atoms with van der Waals surface area (Å²) in [5.74, 6) is 0.102. The summed E-state index contributed by atoms with van der Waals surface area (Å²) in [6.45, 7) is 4.17. The predicted octanol–water partition coefficient (Wildman–Crippen LogP) is 2.77. The van der Waals surface area contributed by atoms with Crippen molar-refractivity contribution in [2.75, 3.05) is 0 Å². The van der Waals surface area contributed by atoms with Crippen molar-refractivity contribution in [3.8, 4) is 0 Å². The maximum atomic E-state index is 12.0. The second-order valence-corrected chi connectivity index (χ2v) is 7.30. The van der Waals surface area contributed by atoms with Crippen LogP contribution in [0.3, 0.4) is 0 Å². The lowest BCUT2D eigenvalue weighted by molar-refractivity contribution is -0.122. The number of carbonyl (C=O) groups is 1. The first-order valence-electron chi connectivity index (χ1n) is 7.10. The van der Waals surface area contributed by atoms with Crippen molar-refractivity contribution in [1.82, 2.24) is 5.32 Å². The third-order valence-corrected chi connectivity index (χ3v) is 4.85. The van der Waals surface area contributed by atoms with Crippen LogP contribution in [0.5, 0.6) is 0 Å². The van der Waals surface area contributed by atoms with Crippen LogP contribution in [0, 0.1) is 6.92 Å². The molecule has 0 aromatic carbocycles. The molecule has 1 atom stereocenters. The molecule has 1 saturated carbocycles. The van der Waals surface area contributed by atoms with Gasteiger partial charge in [-0.3, -0.25) is 4.79 Å². The standard InChI is InChI=1S/C15H24N2OS/c1-11(9-13-6-5-12(2)19-13)17-14(18)10-15(16)7-3-4-8-15/h5-6,11H,3-4,7-10,16H2,1-2H3,(H,17,18). The molecule has 0 saturated heterocycles. The minimum atomic E-state index is -0.247. The van der Waals surface area contributed by atoms with Gasteiger partial charge in [-0.1, -0.05) is 12.8 Å². The van der Waals surface area contributed by atoms with E-state index in [2.05, 4.69) is 31.3 Å². The van der Waals surface area contributed by atoms with Crippen LogP contribution in [0.2, 0.25) is 0 Å². The average molecular weight is 280 g/mol. The van der Waals surface area contributed by atoms with Crippen molar-refractivity contribution in [3.63, 3.8) is 0 Å². The second-order valence-electron chi connectivity index (χ2n) is 5.93. The Balaban J connectivity index is 1.78. The number of nitrogens with two attached hydrogens (primary N) is 1. The molecule has 1 aliphatic rings. The van der Waals surface area contributed by atoms with Crippen molar-refractivity contribution in [1.29, 1.82) is 0 Å². The van der Waals surface area contributed by atoms with Gasteiger partial charge in [0.15, 0.2) is 0 Å². The van der Waals surface area contributed by atoms with E-state index in [9.17, 15) is 4.79 Å². The van der Waals surface area contributed by atoms with Crippen molar-refractivity contribution < 1.29 is 4.79 Å². The molecule has 106 valence electrons. The fourth-order valence-corrected chi connectivity index (χ4v) is 3.87. The zero-order chi connectivity index (χ0) is 13.9. The van der Waals surface area contributed by atoms with Crippen LogP contribution in [0.4, 0.5) is 0 Å². The van der Waals surface area contributed by atoms with Gasteiger partial charge in [0.25, 0.3) is 0 Å². The molecule has 0 aliphatic heterocycles. The van der Waals surface area contributed by atoms with Crippen LogP contribution in [-0.2, 0) is 11.2 Å². The summed E-state index contributed by atoms with van der Waals surface area (Å²) in [6, 6.07) is 4.45. The van der Waals surface area contributed by atoms with Gasteiger partial charge in [-0.05, 0) is 38.8 Å². The zero-order valence-electron chi connectivity index (χ0n) is 11.9. The lowest BCUT2D eigenvalue weighted by Crippen LogP contribution is -2.44. The quantitative estimate of drug-likeness (QED) is 0.871. The molecule has 19 heavy (non-hydrogen) atoms. The first kappa shape index (κ1) is 14.5. The van der Waals surface area contributed by atoms with Crippen molar-refractivity contribution >= 4 is 17.2 Å². The fraction of sp³-hybridized carbons (Fsp3) is 0.667. The molecule has 0 bridgehead atoms. The lowest BCUT2D eigenvalue weighted by Gasteiger charge is -2.23. The van der Waals surface area contributed by atoms with E-state index in [0.717, 1.165) is 32.1 Å². The van der Waals surface area contributed by atoms with Crippen molar-refractivity contribution in [2.24, 2.45) is 5.73 Å². The van der Waals surface area contributed by atoms with Crippen molar-refractivity contribution in [3.05, 3.63) is 21.9 Å². The lowest BCUT2D eigenvalue weighted by atomic mass is 9.94. The van der Waals surface area contributed by atoms with Crippen LogP contribution in [0.1, 0.15) is 48.8 Å². The molecule has 1 aliphatic carbocycles. The maximum absolute atomic E-state index is 12.0. The minimum absolute atomic E-state index is 0.102.